The summed E-state index contributed by atoms with van der Waals surface area (Å²) >= 11 is 0. The summed E-state index contributed by atoms with van der Waals surface area (Å²) in [5.41, 5.74) is 4.45. The number of furan rings is 1. The molecule has 1 aromatic rings. The molecule has 40 heavy (non-hydrogen) atoms. The number of primary amides is 1. The molecule has 1 saturated carbocycles. The Hall–Kier alpha value is -3.70. The maximum atomic E-state index is 13.8. The zero-order chi connectivity index (χ0) is 29.8. The molecule has 2 fully saturated rings. The third-order valence-corrected chi connectivity index (χ3v) is 7.37. The number of amides is 5. The van der Waals surface area contributed by atoms with E-state index in [1.807, 2.05) is 0 Å². The highest BCUT2D eigenvalue weighted by Crippen LogP contribution is 2.34. The van der Waals surface area contributed by atoms with Crippen LogP contribution in [-0.4, -0.2) is 70.9 Å². The molecule has 2 heterocycles. The van der Waals surface area contributed by atoms with Crippen LogP contribution in [0.3, 0.4) is 0 Å². The molecule has 0 radical (unpaired) electrons. The van der Waals surface area contributed by atoms with Gasteiger partial charge in [0.05, 0.1) is 18.3 Å². The third kappa shape index (κ3) is 7.70. The van der Waals surface area contributed by atoms with Gasteiger partial charge >= 0.3 is 6.03 Å². The second kappa shape index (κ2) is 12.6. The van der Waals surface area contributed by atoms with Crippen LogP contribution in [0.4, 0.5) is 4.79 Å². The van der Waals surface area contributed by atoms with Gasteiger partial charge in [0.15, 0.2) is 5.76 Å². The number of nitrogens with zero attached hydrogens (tertiary/aromatic N) is 1. The molecule has 2 aliphatic rings. The molecule has 4 unspecified atom stereocenters. The summed E-state index contributed by atoms with van der Waals surface area (Å²) in [6.45, 7) is 9.20. The number of likely N-dealkylation sites (tertiary alicyclic amines) is 1. The summed E-state index contributed by atoms with van der Waals surface area (Å²) in [5.74, 6) is -3.25. The lowest BCUT2D eigenvalue weighted by molar-refractivity contribution is -0.143. The van der Waals surface area contributed by atoms with Crippen molar-refractivity contribution in [2.75, 3.05) is 6.54 Å². The Morgan fingerprint density at radius 2 is 1.73 bits per heavy atom. The number of hydrogen-bond acceptors (Lipinski definition) is 7. The van der Waals surface area contributed by atoms with E-state index in [0.29, 0.717) is 19.3 Å². The molecule has 4 atom stereocenters. The van der Waals surface area contributed by atoms with Gasteiger partial charge in [-0.2, -0.15) is 0 Å². The van der Waals surface area contributed by atoms with Gasteiger partial charge in [0.2, 0.25) is 23.4 Å². The largest absolute Gasteiger partial charge is 0.461 e. The number of Topliss-reactive ketones (excluding diaryl/α,β-unsaturated/α-hetero) is 2. The molecule has 220 valence electrons. The lowest BCUT2D eigenvalue weighted by Gasteiger charge is -2.36. The van der Waals surface area contributed by atoms with Gasteiger partial charge in [-0.25, -0.2) is 4.79 Å². The standard InChI is InChI=1S/C28H41N5O7/c1-15(2)20(22(35)19-9-7-13-40-19)31-27(39)32-23(28(3,4)5)26(38)33-12-6-8-18(33)25(37)30-17(14-16-10-11-16)21(34)24(29)36/h7,9,13,15-18,20,23H,6,8,10-12,14H2,1-5H3,(H2,29,36)(H,30,37)(H2,31,32,39). The Labute approximate surface area is 234 Å². The maximum absolute atomic E-state index is 13.8. The van der Waals surface area contributed by atoms with Gasteiger partial charge in [0.25, 0.3) is 5.91 Å². The average molecular weight is 560 g/mol. The Morgan fingerprint density at radius 3 is 2.25 bits per heavy atom. The Kier molecular flexibility index (Phi) is 9.75. The van der Waals surface area contributed by atoms with Crippen LogP contribution in [0.5, 0.6) is 0 Å². The average Bonchev–Trinajstić information content (AvgIpc) is 3.32. The number of ketones is 2. The van der Waals surface area contributed by atoms with E-state index < -0.39 is 64.9 Å². The van der Waals surface area contributed by atoms with Gasteiger partial charge in [-0.15, -0.1) is 0 Å². The number of carbonyl (C=O) groups excluding carboxylic acids is 6. The predicted molar refractivity (Wildman–Crippen MR) is 145 cm³/mol. The van der Waals surface area contributed by atoms with Crippen LogP contribution in [0, 0.1) is 17.3 Å². The lowest BCUT2D eigenvalue weighted by Crippen LogP contribution is -2.61. The quantitative estimate of drug-likeness (QED) is 0.221. The van der Waals surface area contributed by atoms with Gasteiger partial charge in [-0.05, 0) is 48.6 Å². The summed E-state index contributed by atoms with van der Waals surface area (Å²) in [4.78, 5) is 78.2. The van der Waals surface area contributed by atoms with Crippen LogP contribution < -0.4 is 21.7 Å². The normalized spacial score (nSPS) is 19.4. The first-order valence-corrected chi connectivity index (χ1v) is 13.8. The summed E-state index contributed by atoms with van der Waals surface area (Å²) in [5, 5.41) is 8.03. The van der Waals surface area contributed by atoms with Crippen molar-refractivity contribution >= 4 is 35.3 Å². The van der Waals surface area contributed by atoms with Crippen molar-refractivity contribution < 1.29 is 33.2 Å². The highest BCUT2D eigenvalue weighted by Gasteiger charge is 2.43. The number of rotatable bonds is 12. The number of carbonyl (C=O) groups is 6. The molecule has 12 heteroatoms. The second-order valence-corrected chi connectivity index (χ2v) is 12.1. The van der Waals surface area contributed by atoms with Crippen LogP contribution in [0.25, 0.3) is 0 Å². The van der Waals surface area contributed by atoms with E-state index in [0.717, 1.165) is 12.8 Å². The molecule has 1 aliphatic heterocycles. The highest BCUT2D eigenvalue weighted by atomic mass is 16.3. The zero-order valence-electron chi connectivity index (χ0n) is 23.8. The SMILES string of the molecule is CC(C)C(NC(=O)NC(C(=O)N1CCCC1C(=O)NC(CC1CC1)C(=O)C(N)=O)C(C)(C)C)C(=O)c1ccco1. The smallest absolute Gasteiger partial charge is 0.316 e. The fraction of sp³-hybridized carbons (Fsp3) is 0.643. The molecular formula is C28H41N5O7. The van der Waals surface area contributed by atoms with E-state index in [1.54, 1.807) is 40.7 Å². The van der Waals surface area contributed by atoms with Gasteiger partial charge in [0.1, 0.15) is 12.1 Å². The van der Waals surface area contributed by atoms with Gasteiger partial charge < -0.3 is 31.0 Å². The Morgan fingerprint density at radius 1 is 1.05 bits per heavy atom. The van der Waals surface area contributed by atoms with E-state index in [4.69, 9.17) is 10.2 Å². The minimum Gasteiger partial charge on any atom is -0.461 e. The van der Waals surface area contributed by atoms with E-state index in [-0.39, 0.29) is 24.1 Å². The molecule has 0 spiro atoms. The van der Waals surface area contributed by atoms with Crippen LogP contribution in [0.15, 0.2) is 22.8 Å². The van der Waals surface area contributed by atoms with E-state index in [9.17, 15) is 28.8 Å². The molecular weight excluding hydrogens is 518 g/mol. The Bertz CT molecular complexity index is 1120. The molecule has 5 N–H and O–H groups in total. The molecule has 1 aliphatic carbocycles. The number of nitrogens with one attached hydrogen (secondary N) is 3. The topological polar surface area (TPSA) is 181 Å². The van der Waals surface area contributed by atoms with E-state index in [2.05, 4.69) is 16.0 Å². The Balaban J connectivity index is 1.72. The first kappa shape index (κ1) is 30.8. The molecule has 1 saturated heterocycles. The molecule has 1 aromatic heterocycles. The van der Waals surface area contributed by atoms with E-state index >= 15 is 0 Å². The monoisotopic (exact) mass is 559 g/mol. The van der Waals surface area contributed by atoms with Crippen molar-refractivity contribution in [2.45, 2.75) is 90.9 Å². The van der Waals surface area contributed by atoms with Crippen LogP contribution in [0.1, 0.15) is 77.3 Å². The second-order valence-electron chi connectivity index (χ2n) is 12.1. The highest BCUT2D eigenvalue weighted by molar-refractivity contribution is 6.37. The van der Waals surface area contributed by atoms with Crippen molar-refractivity contribution in [2.24, 2.45) is 23.0 Å². The van der Waals surface area contributed by atoms with Crippen molar-refractivity contribution in [3.63, 3.8) is 0 Å². The first-order chi connectivity index (χ1) is 18.7. The van der Waals surface area contributed by atoms with Crippen LogP contribution >= 0.6 is 0 Å². The summed E-state index contributed by atoms with van der Waals surface area (Å²) in [6, 6.07) is -1.42. The minimum absolute atomic E-state index is 0.114. The molecule has 0 aromatic carbocycles. The van der Waals surface area contributed by atoms with Crippen molar-refractivity contribution in [1.82, 2.24) is 20.9 Å². The number of hydrogen-bond donors (Lipinski definition) is 4. The van der Waals surface area contributed by atoms with Crippen molar-refractivity contribution in [3.8, 4) is 0 Å². The predicted octanol–water partition coefficient (Wildman–Crippen LogP) is 1.53. The van der Waals surface area contributed by atoms with Crippen LogP contribution in [0.2, 0.25) is 0 Å². The molecule has 5 amide bonds. The fourth-order valence-electron chi connectivity index (χ4n) is 4.90. The molecule has 0 bridgehead atoms. The first-order valence-electron chi connectivity index (χ1n) is 13.8. The van der Waals surface area contributed by atoms with Crippen molar-refractivity contribution in [1.29, 1.82) is 0 Å². The molecule has 12 nitrogen and oxygen atoms in total. The zero-order valence-corrected chi connectivity index (χ0v) is 23.8. The fourth-order valence-corrected chi connectivity index (χ4v) is 4.90. The van der Waals surface area contributed by atoms with Gasteiger partial charge in [-0.1, -0.05) is 47.5 Å². The minimum atomic E-state index is -1.11. The summed E-state index contributed by atoms with van der Waals surface area (Å²) < 4.78 is 5.20. The molecule has 3 rings (SSSR count). The number of urea groups is 1. The lowest BCUT2D eigenvalue weighted by atomic mass is 9.85. The van der Waals surface area contributed by atoms with Gasteiger partial charge in [0, 0.05) is 6.54 Å². The van der Waals surface area contributed by atoms with Crippen LogP contribution in [-0.2, 0) is 19.2 Å². The van der Waals surface area contributed by atoms with Gasteiger partial charge in [-0.3, -0.25) is 24.0 Å². The number of nitrogens with two attached hydrogens (primary N) is 1. The summed E-state index contributed by atoms with van der Waals surface area (Å²) in [7, 11) is 0. The van der Waals surface area contributed by atoms with Crippen molar-refractivity contribution in [3.05, 3.63) is 24.2 Å². The maximum Gasteiger partial charge on any atom is 0.316 e. The van der Waals surface area contributed by atoms with E-state index in [1.165, 1.54) is 17.2 Å². The third-order valence-electron chi connectivity index (χ3n) is 7.37. The summed E-state index contributed by atoms with van der Waals surface area (Å²) in [6.07, 6.45) is 4.45.